The van der Waals surface area contributed by atoms with E-state index in [2.05, 4.69) is 15.6 Å². The van der Waals surface area contributed by atoms with Crippen LogP contribution in [0.4, 0.5) is 0 Å². The molecule has 2 aromatic rings. The van der Waals surface area contributed by atoms with Gasteiger partial charge in [-0.05, 0) is 36.8 Å². The van der Waals surface area contributed by atoms with E-state index in [0.29, 0.717) is 19.5 Å². The van der Waals surface area contributed by atoms with Crippen molar-refractivity contribution in [2.45, 2.75) is 52.2 Å². The number of amides is 3. The summed E-state index contributed by atoms with van der Waals surface area (Å²) in [5.41, 5.74) is 4.93. The van der Waals surface area contributed by atoms with E-state index in [1.54, 1.807) is 16.2 Å². The number of thiazole rings is 1. The fraction of sp³-hybridized carbons (Fsp3) is 0.500. The fourth-order valence-electron chi connectivity index (χ4n) is 4.00. The van der Waals surface area contributed by atoms with Crippen molar-refractivity contribution in [3.8, 4) is 10.4 Å². The molecule has 33 heavy (non-hydrogen) atoms. The number of likely N-dealkylation sites (tertiary alicyclic amines) is 1. The third-order valence-corrected chi connectivity index (χ3v) is 6.77. The van der Waals surface area contributed by atoms with Crippen molar-refractivity contribution in [3.63, 3.8) is 0 Å². The van der Waals surface area contributed by atoms with Crippen LogP contribution in [0.25, 0.3) is 10.4 Å². The normalized spacial score (nSPS) is 16.6. The lowest BCUT2D eigenvalue weighted by Gasteiger charge is -2.30. The van der Waals surface area contributed by atoms with E-state index in [0.717, 1.165) is 28.1 Å². The first kappa shape index (κ1) is 24.9. The van der Waals surface area contributed by atoms with Crippen LogP contribution in [0.2, 0.25) is 0 Å². The molecule has 2 N–H and O–H groups in total. The quantitative estimate of drug-likeness (QED) is 0.584. The number of nitrogens with one attached hydrogen (secondary N) is 2. The number of methoxy groups -OCH3 is 1. The van der Waals surface area contributed by atoms with E-state index in [1.165, 1.54) is 7.11 Å². The summed E-state index contributed by atoms with van der Waals surface area (Å²) in [6.07, 6.45) is 1.36. The molecule has 2 atom stereocenters. The molecule has 2 heterocycles. The number of carbonyl (C=O) groups is 3. The molecule has 1 unspecified atom stereocenters. The summed E-state index contributed by atoms with van der Waals surface area (Å²) in [6.45, 7) is 6.51. The molecule has 1 saturated heterocycles. The zero-order valence-electron chi connectivity index (χ0n) is 19.6. The van der Waals surface area contributed by atoms with E-state index in [1.807, 2.05) is 50.5 Å². The van der Waals surface area contributed by atoms with Crippen molar-refractivity contribution in [1.29, 1.82) is 0 Å². The summed E-state index contributed by atoms with van der Waals surface area (Å²) in [6, 6.07) is 6.83. The van der Waals surface area contributed by atoms with Gasteiger partial charge in [0.05, 0.1) is 16.1 Å². The Morgan fingerprint density at radius 3 is 2.58 bits per heavy atom. The third kappa shape index (κ3) is 6.17. The number of carbonyl (C=O) groups excluding carboxylic acids is 3. The second kappa shape index (κ2) is 11.4. The van der Waals surface area contributed by atoms with Gasteiger partial charge in [0.1, 0.15) is 18.7 Å². The maximum atomic E-state index is 13.2. The molecule has 178 valence electrons. The number of hydrogen-bond acceptors (Lipinski definition) is 6. The predicted molar refractivity (Wildman–Crippen MR) is 128 cm³/mol. The topological polar surface area (TPSA) is 101 Å². The number of benzene rings is 1. The average molecular weight is 473 g/mol. The minimum atomic E-state index is -0.691. The van der Waals surface area contributed by atoms with Crippen LogP contribution in [0.3, 0.4) is 0 Å². The van der Waals surface area contributed by atoms with Gasteiger partial charge in [0, 0.05) is 20.2 Å². The van der Waals surface area contributed by atoms with Gasteiger partial charge in [-0.15, -0.1) is 11.3 Å². The van der Waals surface area contributed by atoms with Crippen LogP contribution < -0.4 is 10.6 Å². The molecule has 0 radical (unpaired) electrons. The standard InChI is InChI=1S/C24H32N4O4S/c1-15(2)21(27-20(29)13-32-4)24(31)28-11-5-6-19(28)23(30)25-12-17-7-9-18(10-8-17)22-16(3)26-14-33-22/h7-10,14-15,19,21H,5-6,11-13H2,1-4H3,(H,25,30)(H,27,29)/t19-,21?/m0/s1. The fourth-order valence-corrected chi connectivity index (χ4v) is 4.81. The molecule has 3 amide bonds. The van der Waals surface area contributed by atoms with Crippen molar-refractivity contribution in [3.05, 3.63) is 41.0 Å². The van der Waals surface area contributed by atoms with Gasteiger partial charge in [-0.25, -0.2) is 4.98 Å². The third-order valence-electron chi connectivity index (χ3n) is 5.79. The Bertz CT molecular complexity index is 973. The van der Waals surface area contributed by atoms with Crippen molar-refractivity contribution >= 4 is 29.1 Å². The van der Waals surface area contributed by atoms with Gasteiger partial charge in [-0.1, -0.05) is 38.1 Å². The van der Waals surface area contributed by atoms with Gasteiger partial charge >= 0.3 is 0 Å². The first-order valence-electron chi connectivity index (χ1n) is 11.2. The highest BCUT2D eigenvalue weighted by atomic mass is 32.1. The SMILES string of the molecule is COCC(=O)NC(C(=O)N1CCC[C@H]1C(=O)NCc1ccc(-c2scnc2C)cc1)C(C)C. The summed E-state index contributed by atoms with van der Waals surface area (Å²) in [5.74, 6) is -0.852. The Morgan fingerprint density at radius 2 is 1.97 bits per heavy atom. The second-order valence-corrected chi connectivity index (χ2v) is 9.45. The van der Waals surface area contributed by atoms with Crippen LogP contribution >= 0.6 is 11.3 Å². The zero-order valence-corrected chi connectivity index (χ0v) is 20.4. The van der Waals surface area contributed by atoms with Gasteiger partial charge in [-0.2, -0.15) is 0 Å². The molecule has 1 aromatic carbocycles. The highest BCUT2D eigenvalue weighted by molar-refractivity contribution is 7.13. The van der Waals surface area contributed by atoms with Crippen molar-refractivity contribution in [1.82, 2.24) is 20.5 Å². The first-order chi connectivity index (χ1) is 15.8. The van der Waals surface area contributed by atoms with Crippen molar-refractivity contribution in [2.24, 2.45) is 5.92 Å². The van der Waals surface area contributed by atoms with E-state index in [-0.39, 0.29) is 30.2 Å². The van der Waals surface area contributed by atoms with Crippen LogP contribution in [0, 0.1) is 12.8 Å². The Morgan fingerprint density at radius 1 is 1.24 bits per heavy atom. The van der Waals surface area contributed by atoms with E-state index in [9.17, 15) is 14.4 Å². The Balaban J connectivity index is 1.60. The molecule has 3 rings (SSSR count). The van der Waals surface area contributed by atoms with Crippen molar-refractivity contribution in [2.75, 3.05) is 20.3 Å². The minimum absolute atomic E-state index is 0.108. The first-order valence-corrected chi connectivity index (χ1v) is 12.1. The molecule has 1 aliphatic rings. The van der Waals surface area contributed by atoms with E-state index >= 15 is 0 Å². The maximum absolute atomic E-state index is 13.2. The van der Waals surface area contributed by atoms with Gasteiger partial charge < -0.3 is 20.3 Å². The zero-order chi connectivity index (χ0) is 24.0. The largest absolute Gasteiger partial charge is 0.375 e. The van der Waals surface area contributed by atoms with Crippen LogP contribution in [-0.2, 0) is 25.7 Å². The van der Waals surface area contributed by atoms with Gasteiger partial charge in [-0.3, -0.25) is 14.4 Å². The highest BCUT2D eigenvalue weighted by Crippen LogP contribution is 2.27. The molecule has 0 aliphatic carbocycles. The second-order valence-electron chi connectivity index (χ2n) is 8.59. The summed E-state index contributed by atoms with van der Waals surface area (Å²) >= 11 is 1.61. The Hall–Kier alpha value is -2.78. The Labute approximate surface area is 198 Å². The monoisotopic (exact) mass is 472 g/mol. The number of aromatic nitrogens is 1. The maximum Gasteiger partial charge on any atom is 0.246 e. The van der Waals surface area contributed by atoms with Gasteiger partial charge in [0.15, 0.2) is 0 Å². The number of ether oxygens (including phenoxy) is 1. The molecule has 1 aromatic heterocycles. The molecule has 0 spiro atoms. The molecular formula is C24H32N4O4S. The molecule has 1 fully saturated rings. The lowest BCUT2D eigenvalue weighted by Crippen LogP contribution is -2.55. The minimum Gasteiger partial charge on any atom is -0.375 e. The van der Waals surface area contributed by atoms with E-state index in [4.69, 9.17) is 4.74 Å². The number of aryl methyl sites for hydroxylation is 1. The van der Waals surface area contributed by atoms with Crippen LogP contribution in [0.5, 0.6) is 0 Å². The molecule has 8 nitrogen and oxygen atoms in total. The summed E-state index contributed by atoms with van der Waals surface area (Å²) in [5, 5.41) is 5.71. The number of hydrogen-bond donors (Lipinski definition) is 2. The molecule has 0 saturated carbocycles. The molecule has 9 heteroatoms. The molecular weight excluding hydrogens is 440 g/mol. The smallest absolute Gasteiger partial charge is 0.246 e. The summed E-state index contributed by atoms with van der Waals surface area (Å²) in [4.78, 5) is 45.1. The molecule has 0 bridgehead atoms. The predicted octanol–water partition coefficient (Wildman–Crippen LogP) is 2.51. The lowest BCUT2D eigenvalue weighted by atomic mass is 10.0. The van der Waals surface area contributed by atoms with Gasteiger partial charge in [0.2, 0.25) is 17.7 Å². The number of rotatable bonds is 9. The van der Waals surface area contributed by atoms with Crippen LogP contribution in [0.15, 0.2) is 29.8 Å². The summed E-state index contributed by atoms with van der Waals surface area (Å²) in [7, 11) is 1.43. The summed E-state index contributed by atoms with van der Waals surface area (Å²) < 4.78 is 4.85. The van der Waals surface area contributed by atoms with E-state index < -0.39 is 12.1 Å². The van der Waals surface area contributed by atoms with Crippen LogP contribution in [0.1, 0.15) is 37.9 Å². The lowest BCUT2D eigenvalue weighted by molar-refractivity contribution is -0.142. The molecule has 1 aliphatic heterocycles. The van der Waals surface area contributed by atoms with Crippen LogP contribution in [-0.4, -0.2) is 60.0 Å². The average Bonchev–Trinajstić information content (AvgIpc) is 3.45. The number of nitrogens with zero attached hydrogens (tertiary/aromatic N) is 2. The Kier molecular flexibility index (Phi) is 8.57. The highest BCUT2D eigenvalue weighted by Gasteiger charge is 2.38. The van der Waals surface area contributed by atoms with Crippen molar-refractivity contribution < 1.29 is 19.1 Å². The van der Waals surface area contributed by atoms with Gasteiger partial charge in [0.25, 0.3) is 0 Å².